The lowest BCUT2D eigenvalue weighted by atomic mass is 10.2. The van der Waals surface area contributed by atoms with E-state index in [4.69, 9.17) is 20.1 Å². The first-order valence-electron chi connectivity index (χ1n) is 12.1. The first-order valence-corrected chi connectivity index (χ1v) is 15.0. The zero-order valence-corrected chi connectivity index (χ0v) is 22.7. The van der Waals surface area contributed by atoms with Gasteiger partial charge in [-0.05, 0) is 54.5 Å². The minimum absolute atomic E-state index is 0.0365. The van der Waals surface area contributed by atoms with Crippen molar-refractivity contribution in [2.75, 3.05) is 5.73 Å². The van der Waals surface area contributed by atoms with Crippen LogP contribution in [0, 0.1) is 0 Å². The average molecular weight is 523 g/mol. The molecule has 0 spiro atoms. The molecule has 1 atom stereocenters. The SMILES string of the molecule is C=CCC(O[Si](C)(C)C(C)(C)C)n1c(-c2cccnc2N)nc2ccc(-c3ccc(C(F)F)cn3)nc21. The lowest BCUT2D eigenvalue weighted by molar-refractivity contribution is 0.122. The fraction of sp³-hybridized carbons (Fsp3) is 0.333. The second-order valence-electron chi connectivity index (χ2n) is 10.4. The van der Waals surface area contributed by atoms with E-state index >= 15 is 0 Å². The molecule has 0 aliphatic carbocycles. The van der Waals surface area contributed by atoms with Gasteiger partial charge in [0.2, 0.25) is 0 Å². The third-order valence-corrected chi connectivity index (χ3v) is 11.3. The van der Waals surface area contributed by atoms with Crippen LogP contribution in [0.3, 0.4) is 0 Å². The maximum atomic E-state index is 13.0. The Balaban J connectivity index is 1.94. The smallest absolute Gasteiger partial charge is 0.265 e. The van der Waals surface area contributed by atoms with Crippen molar-refractivity contribution in [3.63, 3.8) is 0 Å². The number of hydrogen-bond acceptors (Lipinski definition) is 6. The van der Waals surface area contributed by atoms with Crippen LogP contribution in [-0.4, -0.2) is 32.8 Å². The zero-order chi connectivity index (χ0) is 27.0. The first kappa shape index (κ1) is 26.6. The summed E-state index contributed by atoms with van der Waals surface area (Å²) in [6.45, 7) is 14.9. The van der Waals surface area contributed by atoms with Gasteiger partial charge >= 0.3 is 0 Å². The van der Waals surface area contributed by atoms with E-state index in [-0.39, 0.29) is 10.6 Å². The molecule has 0 aliphatic heterocycles. The standard InChI is InChI=1S/C27H32F2N6OSi/c1-7-9-22(36-37(5,6)27(2,3)4)35-25(18-10-8-15-31-24(18)30)34-21-14-13-20(33-26(21)35)19-12-11-17(16-32-19)23(28)29/h7-8,10-16,22-23H,1,9H2,2-6H3,(H2,30,31). The molecule has 7 nitrogen and oxygen atoms in total. The number of fused-ring (bicyclic) bond motifs is 1. The van der Waals surface area contributed by atoms with Gasteiger partial charge in [0.1, 0.15) is 23.4 Å². The maximum Gasteiger partial charge on any atom is 0.265 e. The Morgan fingerprint density at radius 2 is 1.81 bits per heavy atom. The van der Waals surface area contributed by atoms with Crippen LogP contribution < -0.4 is 5.73 Å². The van der Waals surface area contributed by atoms with E-state index < -0.39 is 21.0 Å². The molecule has 0 radical (unpaired) electrons. The second kappa shape index (κ2) is 10.1. The lowest BCUT2D eigenvalue weighted by Gasteiger charge is -2.39. The third-order valence-electron chi connectivity index (χ3n) is 6.81. The monoisotopic (exact) mass is 522 g/mol. The van der Waals surface area contributed by atoms with Crippen LogP contribution in [0.5, 0.6) is 0 Å². The van der Waals surface area contributed by atoms with Gasteiger partial charge in [-0.1, -0.05) is 26.8 Å². The highest BCUT2D eigenvalue weighted by Gasteiger charge is 2.40. The lowest BCUT2D eigenvalue weighted by Crippen LogP contribution is -2.43. The van der Waals surface area contributed by atoms with Crippen molar-refractivity contribution in [3.8, 4) is 22.8 Å². The van der Waals surface area contributed by atoms with Crippen molar-refractivity contribution < 1.29 is 13.2 Å². The Morgan fingerprint density at radius 3 is 2.41 bits per heavy atom. The Labute approximate surface area is 216 Å². The van der Waals surface area contributed by atoms with Gasteiger partial charge in [0.15, 0.2) is 14.0 Å². The number of nitrogens with two attached hydrogens (primary N) is 1. The molecule has 1 unspecified atom stereocenters. The molecular weight excluding hydrogens is 490 g/mol. The predicted octanol–water partition coefficient (Wildman–Crippen LogP) is 7.17. The van der Waals surface area contributed by atoms with Crippen molar-refractivity contribution in [1.82, 2.24) is 24.5 Å². The molecule has 0 bridgehead atoms. The molecule has 0 saturated carbocycles. The zero-order valence-electron chi connectivity index (χ0n) is 21.7. The third kappa shape index (κ3) is 5.30. The quantitative estimate of drug-likeness (QED) is 0.195. The Hall–Kier alpha value is -3.50. The molecule has 4 aromatic heterocycles. The molecule has 2 N–H and O–H groups in total. The van der Waals surface area contributed by atoms with E-state index in [9.17, 15) is 8.78 Å². The number of anilines is 1. The Bertz CT molecular complexity index is 1410. The highest BCUT2D eigenvalue weighted by Crippen LogP contribution is 2.41. The summed E-state index contributed by atoms with van der Waals surface area (Å²) in [5.74, 6) is 0.921. The molecule has 4 aromatic rings. The normalized spacial score (nSPS) is 13.3. The van der Waals surface area contributed by atoms with Gasteiger partial charge in [-0.3, -0.25) is 9.55 Å². The number of nitrogen functional groups attached to an aromatic ring is 1. The molecular formula is C27H32F2N6OSi. The van der Waals surface area contributed by atoms with Crippen LogP contribution in [0.4, 0.5) is 14.6 Å². The number of alkyl halides is 2. The van der Waals surface area contributed by atoms with E-state index in [1.54, 1.807) is 24.4 Å². The van der Waals surface area contributed by atoms with E-state index in [1.807, 2.05) is 22.8 Å². The highest BCUT2D eigenvalue weighted by atomic mass is 28.4. The van der Waals surface area contributed by atoms with Crippen molar-refractivity contribution in [2.45, 2.75) is 58.0 Å². The average Bonchev–Trinajstić information content (AvgIpc) is 3.21. The maximum absolute atomic E-state index is 13.0. The molecule has 4 heterocycles. The van der Waals surface area contributed by atoms with Crippen molar-refractivity contribution in [3.05, 3.63) is 67.0 Å². The van der Waals surface area contributed by atoms with Gasteiger partial charge in [0, 0.05) is 24.4 Å². The number of aromatic nitrogens is 5. The number of halogens is 2. The van der Waals surface area contributed by atoms with Gasteiger partial charge in [0.25, 0.3) is 6.43 Å². The predicted molar refractivity (Wildman–Crippen MR) is 145 cm³/mol. The van der Waals surface area contributed by atoms with Gasteiger partial charge in [-0.15, -0.1) is 6.58 Å². The fourth-order valence-corrected chi connectivity index (χ4v) is 4.97. The van der Waals surface area contributed by atoms with Crippen LogP contribution in [-0.2, 0) is 4.43 Å². The molecule has 0 amide bonds. The van der Waals surface area contributed by atoms with Crippen LogP contribution in [0.25, 0.3) is 33.9 Å². The number of nitrogens with zero attached hydrogens (tertiary/aromatic N) is 5. The minimum Gasteiger partial charge on any atom is -0.396 e. The summed E-state index contributed by atoms with van der Waals surface area (Å²) >= 11 is 0. The Kier molecular flexibility index (Phi) is 7.25. The topological polar surface area (TPSA) is 91.7 Å². The van der Waals surface area contributed by atoms with Crippen molar-refractivity contribution in [2.24, 2.45) is 0 Å². The van der Waals surface area contributed by atoms with Gasteiger partial charge < -0.3 is 10.2 Å². The molecule has 0 fully saturated rings. The number of hydrogen-bond donors (Lipinski definition) is 1. The van der Waals surface area contributed by atoms with E-state index in [0.29, 0.717) is 46.2 Å². The molecule has 0 aliphatic rings. The Morgan fingerprint density at radius 1 is 1.08 bits per heavy atom. The summed E-state index contributed by atoms with van der Waals surface area (Å²) in [5, 5.41) is -0.0365. The van der Waals surface area contributed by atoms with Gasteiger partial charge in [-0.25, -0.2) is 23.7 Å². The minimum atomic E-state index is -2.59. The second-order valence-corrected chi connectivity index (χ2v) is 15.2. The molecule has 194 valence electrons. The molecule has 0 saturated heterocycles. The summed E-state index contributed by atoms with van der Waals surface area (Å²) in [6, 6.07) is 10.2. The summed E-state index contributed by atoms with van der Waals surface area (Å²) in [6.07, 6.45) is 2.09. The van der Waals surface area contributed by atoms with Crippen LogP contribution in [0.15, 0.2) is 61.4 Å². The number of rotatable bonds is 8. The van der Waals surface area contributed by atoms with Crippen molar-refractivity contribution in [1.29, 1.82) is 0 Å². The summed E-state index contributed by atoms with van der Waals surface area (Å²) < 4.78 is 34.9. The van der Waals surface area contributed by atoms with Gasteiger partial charge in [-0.2, -0.15) is 0 Å². The van der Waals surface area contributed by atoms with Crippen LogP contribution in [0.1, 0.15) is 45.4 Å². The summed E-state index contributed by atoms with van der Waals surface area (Å²) in [4.78, 5) is 18.2. The summed E-state index contributed by atoms with van der Waals surface area (Å²) in [7, 11) is -2.24. The molecule has 10 heteroatoms. The molecule has 37 heavy (non-hydrogen) atoms. The molecule has 4 rings (SSSR count). The highest BCUT2D eigenvalue weighted by molar-refractivity contribution is 6.74. The first-order chi connectivity index (χ1) is 17.4. The fourth-order valence-electron chi connectivity index (χ4n) is 3.74. The van der Waals surface area contributed by atoms with Crippen molar-refractivity contribution >= 4 is 25.3 Å². The van der Waals surface area contributed by atoms with Gasteiger partial charge in [0.05, 0.1) is 17.0 Å². The largest absolute Gasteiger partial charge is 0.396 e. The van der Waals surface area contributed by atoms with E-state index in [2.05, 4.69) is 50.4 Å². The summed E-state index contributed by atoms with van der Waals surface area (Å²) in [5.41, 5.74) is 9.01. The molecule has 0 aromatic carbocycles. The number of imidazole rings is 1. The number of pyridine rings is 3. The van der Waals surface area contributed by atoms with Crippen LogP contribution in [0.2, 0.25) is 18.1 Å². The van der Waals surface area contributed by atoms with E-state index in [0.717, 1.165) is 0 Å². The van der Waals surface area contributed by atoms with E-state index in [1.165, 1.54) is 12.3 Å². The van der Waals surface area contributed by atoms with Crippen LogP contribution >= 0.6 is 0 Å².